The van der Waals surface area contributed by atoms with Crippen LogP contribution < -0.4 is 5.32 Å². The monoisotopic (exact) mass is 363 g/mol. The number of halogens is 3. The van der Waals surface area contributed by atoms with Crippen LogP contribution in [0.2, 0.25) is 9.36 Å². The first-order valence-corrected chi connectivity index (χ1v) is 7.90. The Kier molecular flexibility index (Phi) is 5.52. The van der Waals surface area contributed by atoms with Crippen molar-refractivity contribution in [1.29, 1.82) is 0 Å². The van der Waals surface area contributed by atoms with Crippen LogP contribution in [0.1, 0.15) is 10.4 Å². The normalized spacial score (nSPS) is 10.8. The SMILES string of the molecule is Clc1ccc(CNCCc2ccc(Cl)s2)c(Br)c1. The largest absolute Gasteiger partial charge is 0.312 e. The van der Waals surface area contributed by atoms with E-state index in [4.69, 9.17) is 23.2 Å². The molecule has 0 saturated heterocycles. The molecule has 96 valence electrons. The van der Waals surface area contributed by atoms with Crippen molar-refractivity contribution in [2.75, 3.05) is 6.54 Å². The topological polar surface area (TPSA) is 12.0 Å². The molecule has 5 heteroatoms. The summed E-state index contributed by atoms with van der Waals surface area (Å²) in [6.45, 7) is 1.77. The van der Waals surface area contributed by atoms with Crippen molar-refractivity contribution in [2.45, 2.75) is 13.0 Å². The van der Waals surface area contributed by atoms with Crippen molar-refractivity contribution >= 4 is 50.5 Å². The van der Waals surface area contributed by atoms with Gasteiger partial charge in [0.05, 0.1) is 4.34 Å². The van der Waals surface area contributed by atoms with Crippen molar-refractivity contribution in [2.24, 2.45) is 0 Å². The zero-order chi connectivity index (χ0) is 13.0. The van der Waals surface area contributed by atoms with Gasteiger partial charge in [-0.3, -0.25) is 0 Å². The van der Waals surface area contributed by atoms with E-state index >= 15 is 0 Å². The van der Waals surface area contributed by atoms with E-state index in [0.29, 0.717) is 0 Å². The van der Waals surface area contributed by atoms with Crippen molar-refractivity contribution in [3.63, 3.8) is 0 Å². The fourth-order valence-corrected chi connectivity index (χ4v) is 3.50. The summed E-state index contributed by atoms with van der Waals surface area (Å²) in [5.74, 6) is 0. The Morgan fingerprint density at radius 3 is 2.67 bits per heavy atom. The smallest absolute Gasteiger partial charge is 0.0931 e. The van der Waals surface area contributed by atoms with Crippen LogP contribution in [0.15, 0.2) is 34.8 Å². The van der Waals surface area contributed by atoms with Crippen LogP contribution in [-0.2, 0) is 13.0 Å². The molecule has 0 fully saturated rings. The molecule has 2 aromatic rings. The number of nitrogens with one attached hydrogen (secondary N) is 1. The third-order valence-electron chi connectivity index (χ3n) is 2.51. The van der Waals surface area contributed by atoms with Gasteiger partial charge in [0, 0.05) is 27.5 Å². The van der Waals surface area contributed by atoms with Gasteiger partial charge in [0.1, 0.15) is 0 Å². The van der Waals surface area contributed by atoms with Crippen LogP contribution in [0.25, 0.3) is 0 Å². The molecule has 18 heavy (non-hydrogen) atoms. The van der Waals surface area contributed by atoms with Crippen molar-refractivity contribution in [3.8, 4) is 0 Å². The van der Waals surface area contributed by atoms with Crippen molar-refractivity contribution in [1.82, 2.24) is 5.32 Å². The van der Waals surface area contributed by atoms with Gasteiger partial charge in [-0.1, -0.05) is 45.2 Å². The van der Waals surface area contributed by atoms with Gasteiger partial charge in [-0.15, -0.1) is 11.3 Å². The molecule has 0 spiro atoms. The predicted octanol–water partition coefficient (Wildman–Crippen LogP) is 5.15. The summed E-state index contributed by atoms with van der Waals surface area (Å²) in [5, 5.41) is 4.16. The Morgan fingerprint density at radius 1 is 1.17 bits per heavy atom. The summed E-state index contributed by atoms with van der Waals surface area (Å²) in [7, 11) is 0. The van der Waals surface area contributed by atoms with E-state index in [1.54, 1.807) is 11.3 Å². The average Bonchev–Trinajstić information content (AvgIpc) is 2.73. The zero-order valence-electron chi connectivity index (χ0n) is 9.55. The highest BCUT2D eigenvalue weighted by Crippen LogP contribution is 2.22. The lowest BCUT2D eigenvalue weighted by Crippen LogP contribution is -2.16. The van der Waals surface area contributed by atoms with Crippen LogP contribution in [0.5, 0.6) is 0 Å². The molecule has 2 rings (SSSR count). The number of hydrogen-bond acceptors (Lipinski definition) is 2. The van der Waals surface area contributed by atoms with E-state index in [9.17, 15) is 0 Å². The molecule has 1 aromatic carbocycles. The molecular formula is C13H12BrCl2NS. The molecule has 0 amide bonds. The Hall–Kier alpha value is -0.0600. The Morgan fingerprint density at radius 2 is 2.00 bits per heavy atom. The molecule has 0 aliphatic carbocycles. The summed E-state index contributed by atoms with van der Waals surface area (Å²) < 4.78 is 1.90. The molecular weight excluding hydrogens is 353 g/mol. The van der Waals surface area contributed by atoms with Gasteiger partial charge in [0.15, 0.2) is 0 Å². The molecule has 0 radical (unpaired) electrons. The zero-order valence-corrected chi connectivity index (χ0v) is 13.5. The van der Waals surface area contributed by atoms with Gasteiger partial charge in [0.2, 0.25) is 0 Å². The number of rotatable bonds is 5. The lowest BCUT2D eigenvalue weighted by atomic mass is 10.2. The number of thiophene rings is 1. The van der Waals surface area contributed by atoms with E-state index in [-0.39, 0.29) is 0 Å². The Labute approximate surface area is 129 Å². The van der Waals surface area contributed by atoms with Crippen LogP contribution >= 0.6 is 50.5 Å². The number of hydrogen-bond donors (Lipinski definition) is 1. The fourth-order valence-electron chi connectivity index (χ4n) is 1.59. The van der Waals surface area contributed by atoms with Crippen LogP contribution in [0, 0.1) is 0 Å². The first-order chi connectivity index (χ1) is 8.65. The van der Waals surface area contributed by atoms with E-state index in [2.05, 4.69) is 27.3 Å². The molecule has 1 aromatic heterocycles. The highest BCUT2D eigenvalue weighted by Gasteiger charge is 2.01. The van der Waals surface area contributed by atoms with Crippen LogP contribution in [0.4, 0.5) is 0 Å². The predicted molar refractivity (Wildman–Crippen MR) is 83.9 cm³/mol. The molecule has 0 bridgehead atoms. The first-order valence-electron chi connectivity index (χ1n) is 5.54. The summed E-state index contributed by atoms with van der Waals surface area (Å²) in [6.07, 6.45) is 1.00. The molecule has 1 nitrogen and oxygen atoms in total. The van der Waals surface area contributed by atoms with Gasteiger partial charge >= 0.3 is 0 Å². The lowest BCUT2D eigenvalue weighted by Gasteiger charge is -2.06. The maximum atomic E-state index is 5.90. The Balaban J connectivity index is 1.78. The van der Waals surface area contributed by atoms with Crippen LogP contribution in [-0.4, -0.2) is 6.54 Å². The second-order valence-electron chi connectivity index (χ2n) is 3.87. The minimum atomic E-state index is 0.749. The number of benzene rings is 1. The second-order valence-corrected chi connectivity index (χ2v) is 6.96. The van der Waals surface area contributed by atoms with Crippen molar-refractivity contribution < 1.29 is 0 Å². The summed E-state index contributed by atoms with van der Waals surface area (Å²) in [5.41, 5.74) is 1.21. The average molecular weight is 365 g/mol. The first kappa shape index (κ1) is 14.4. The molecule has 0 atom stereocenters. The van der Waals surface area contributed by atoms with E-state index < -0.39 is 0 Å². The molecule has 1 heterocycles. The minimum absolute atomic E-state index is 0.749. The third kappa shape index (κ3) is 4.25. The maximum absolute atomic E-state index is 5.90. The van der Waals surface area contributed by atoms with Gasteiger partial charge in [-0.05, 0) is 36.2 Å². The quantitative estimate of drug-likeness (QED) is 0.723. The van der Waals surface area contributed by atoms with E-state index in [0.717, 1.165) is 33.3 Å². The molecule has 0 saturated carbocycles. The lowest BCUT2D eigenvalue weighted by molar-refractivity contribution is 0.689. The highest BCUT2D eigenvalue weighted by molar-refractivity contribution is 9.10. The summed E-state index contributed by atoms with van der Waals surface area (Å²) in [4.78, 5) is 1.31. The van der Waals surface area contributed by atoms with Crippen LogP contribution in [0.3, 0.4) is 0 Å². The molecule has 0 aliphatic rings. The highest BCUT2D eigenvalue weighted by atomic mass is 79.9. The molecule has 1 N–H and O–H groups in total. The van der Waals surface area contributed by atoms with Gasteiger partial charge in [-0.2, -0.15) is 0 Å². The summed E-state index contributed by atoms with van der Waals surface area (Å²) >= 11 is 16.9. The van der Waals surface area contributed by atoms with E-state index in [1.807, 2.05) is 24.3 Å². The molecule has 0 aliphatic heterocycles. The minimum Gasteiger partial charge on any atom is -0.312 e. The van der Waals surface area contributed by atoms with Gasteiger partial charge in [-0.25, -0.2) is 0 Å². The van der Waals surface area contributed by atoms with Gasteiger partial charge in [0.25, 0.3) is 0 Å². The Bertz CT molecular complexity index is 527. The van der Waals surface area contributed by atoms with E-state index in [1.165, 1.54) is 10.4 Å². The standard InChI is InChI=1S/C13H12BrCl2NS/c14-12-7-10(15)2-1-9(12)8-17-6-5-11-3-4-13(16)18-11/h1-4,7,17H,5-6,8H2. The fraction of sp³-hybridized carbons (Fsp3) is 0.231. The van der Waals surface area contributed by atoms with Gasteiger partial charge < -0.3 is 5.32 Å². The van der Waals surface area contributed by atoms with Crippen molar-refractivity contribution in [3.05, 3.63) is 54.6 Å². The molecule has 0 unspecified atom stereocenters. The second kappa shape index (κ2) is 6.92. The maximum Gasteiger partial charge on any atom is 0.0931 e. The summed E-state index contributed by atoms with van der Waals surface area (Å²) in [6, 6.07) is 9.87. The third-order valence-corrected chi connectivity index (χ3v) is 4.77.